The van der Waals surface area contributed by atoms with Gasteiger partial charge in [-0.25, -0.2) is 4.98 Å². The van der Waals surface area contributed by atoms with Gasteiger partial charge in [0.15, 0.2) is 11.6 Å². The Bertz CT molecular complexity index is 324. The molecule has 0 saturated carbocycles. The van der Waals surface area contributed by atoms with Gasteiger partial charge in [0.1, 0.15) is 10.5 Å². The van der Waals surface area contributed by atoms with Crippen LogP contribution < -0.4 is 0 Å². The van der Waals surface area contributed by atoms with Crippen molar-refractivity contribution in [2.45, 2.75) is 18.6 Å². The van der Waals surface area contributed by atoms with Crippen molar-refractivity contribution >= 4 is 29.1 Å². The average Bonchev–Trinajstić information content (AvgIpc) is 2.42. The Labute approximate surface area is 85.9 Å². The highest BCUT2D eigenvalue weighted by Crippen LogP contribution is 2.19. The van der Waals surface area contributed by atoms with Crippen molar-refractivity contribution < 1.29 is 9.21 Å². The number of oxazole rings is 1. The van der Waals surface area contributed by atoms with Crippen LogP contribution >= 0.6 is 23.4 Å². The SMILES string of the molecule is CSC(Cl)C(=O)c1nc(C)oc1C. The zero-order valence-corrected chi connectivity index (χ0v) is 9.20. The number of rotatable bonds is 3. The molecule has 0 fully saturated rings. The summed E-state index contributed by atoms with van der Waals surface area (Å²) in [7, 11) is 0. The molecule has 0 spiro atoms. The number of carbonyl (C=O) groups excluding carboxylic acids is 1. The van der Waals surface area contributed by atoms with E-state index in [2.05, 4.69) is 4.98 Å². The van der Waals surface area contributed by atoms with Gasteiger partial charge in [-0.05, 0) is 13.2 Å². The monoisotopic (exact) mass is 219 g/mol. The molecule has 0 bridgehead atoms. The van der Waals surface area contributed by atoms with E-state index >= 15 is 0 Å². The van der Waals surface area contributed by atoms with E-state index in [1.54, 1.807) is 20.1 Å². The van der Waals surface area contributed by atoms with Crippen molar-refractivity contribution in [3.63, 3.8) is 0 Å². The first-order valence-electron chi connectivity index (χ1n) is 3.71. The van der Waals surface area contributed by atoms with E-state index in [0.29, 0.717) is 17.3 Å². The maximum absolute atomic E-state index is 11.5. The standard InChI is InChI=1S/C8H10ClNO2S/c1-4-6(10-5(2)12-4)7(11)8(9)13-3/h8H,1-3H3. The van der Waals surface area contributed by atoms with Crippen LogP contribution in [0.15, 0.2) is 4.42 Å². The van der Waals surface area contributed by atoms with Crippen LogP contribution in [-0.2, 0) is 0 Å². The van der Waals surface area contributed by atoms with Crippen molar-refractivity contribution in [2.75, 3.05) is 6.26 Å². The van der Waals surface area contributed by atoms with Crippen molar-refractivity contribution in [3.05, 3.63) is 17.3 Å². The van der Waals surface area contributed by atoms with E-state index in [0.717, 1.165) is 0 Å². The average molecular weight is 220 g/mol. The Morgan fingerprint density at radius 1 is 1.62 bits per heavy atom. The Morgan fingerprint density at radius 3 is 2.62 bits per heavy atom. The quantitative estimate of drug-likeness (QED) is 0.579. The van der Waals surface area contributed by atoms with Gasteiger partial charge in [0, 0.05) is 6.92 Å². The molecule has 1 atom stereocenters. The Kier molecular flexibility index (Phi) is 3.39. The summed E-state index contributed by atoms with van der Waals surface area (Å²) in [6.07, 6.45) is 1.78. The number of hydrogen-bond acceptors (Lipinski definition) is 4. The lowest BCUT2D eigenvalue weighted by molar-refractivity contribution is 0.100. The number of aryl methyl sites for hydroxylation is 2. The number of hydrogen-bond donors (Lipinski definition) is 0. The highest BCUT2D eigenvalue weighted by Gasteiger charge is 2.22. The zero-order chi connectivity index (χ0) is 10.0. The number of Topliss-reactive ketones (excluding diaryl/α,β-unsaturated/α-hetero) is 1. The topological polar surface area (TPSA) is 43.1 Å². The number of nitrogens with zero attached hydrogens (tertiary/aromatic N) is 1. The van der Waals surface area contributed by atoms with E-state index in [1.165, 1.54) is 11.8 Å². The first-order chi connectivity index (χ1) is 6.06. The lowest BCUT2D eigenvalue weighted by Crippen LogP contribution is -2.12. The minimum atomic E-state index is -0.580. The second kappa shape index (κ2) is 4.15. The summed E-state index contributed by atoms with van der Waals surface area (Å²) in [6, 6.07) is 0. The predicted molar refractivity (Wildman–Crippen MR) is 53.5 cm³/mol. The maximum Gasteiger partial charge on any atom is 0.212 e. The molecule has 3 nitrogen and oxygen atoms in total. The van der Waals surface area contributed by atoms with E-state index in [-0.39, 0.29) is 5.78 Å². The summed E-state index contributed by atoms with van der Waals surface area (Å²) in [5.74, 6) is 0.830. The molecule has 1 aromatic rings. The fraction of sp³-hybridized carbons (Fsp3) is 0.500. The molecule has 0 amide bonds. The molecule has 0 saturated heterocycles. The van der Waals surface area contributed by atoms with Crippen molar-refractivity contribution in [1.82, 2.24) is 4.98 Å². The van der Waals surface area contributed by atoms with Gasteiger partial charge in [-0.15, -0.1) is 23.4 Å². The lowest BCUT2D eigenvalue weighted by Gasteiger charge is -2.01. The number of ketones is 1. The molecule has 0 aromatic carbocycles. The van der Waals surface area contributed by atoms with E-state index in [9.17, 15) is 4.79 Å². The molecule has 0 aliphatic carbocycles. The molecule has 0 radical (unpaired) electrons. The van der Waals surface area contributed by atoms with Gasteiger partial charge < -0.3 is 4.42 Å². The van der Waals surface area contributed by atoms with Crippen LogP contribution in [0, 0.1) is 13.8 Å². The minimum Gasteiger partial charge on any atom is -0.446 e. The molecule has 1 heterocycles. The second-order valence-electron chi connectivity index (χ2n) is 2.55. The van der Waals surface area contributed by atoms with Crippen molar-refractivity contribution in [1.29, 1.82) is 0 Å². The van der Waals surface area contributed by atoms with Crippen LogP contribution in [0.3, 0.4) is 0 Å². The fourth-order valence-corrected chi connectivity index (χ4v) is 1.40. The van der Waals surface area contributed by atoms with Crippen LogP contribution in [0.2, 0.25) is 0 Å². The van der Waals surface area contributed by atoms with Gasteiger partial charge in [0.05, 0.1) is 0 Å². The third kappa shape index (κ3) is 2.25. The first-order valence-corrected chi connectivity index (χ1v) is 5.43. The van der Waals surface area contributed by atoms with Crippen LogP contribution in [-0.4, -0.2) is 21.7 Å². The molecular weight excluding hydrogens is 210 g/mol. The summed E-state index contributed by atoms with van der Waals surface area (Å²) in [4.78, 5) is 15.5. The molecule has 1 aromatic heterocycles. The van der Waals surface area contributed by atoms with Gasteiger partial charge in [-0.1, -0.05) is 0 Å². The Hall–Kier alpha value is -0.480. The number of aromatic nitrogens is 1. The van der Waals surface area contributed by atoms with E-state index < -0.39 is 4.71 Å². The molecule has 1 rings (SSSR count). The van der Waals surface area contributed by atoms with E-state index in [4.69, 9.17) is 16.0 Å². The van der Waals surface area contributed by atoms with Gasteiger partial charge in [0.25, 0.3) is 0 Å². The predicted octanol–water partition coefficient (Wildman–Crippen LogP) is 2.40. The normalized spacial score (nSPS) is 12.9. The Balaban J connectivity index is 2.94. The number of thioether (sulfide) groups is 1. The third-order valence-electron chi connectivity index (χ3n) is 1.55. The Morgan fingerprint density at radius 2 is 2.23 bits per heavy atom. The molecule has 13 heavy (non-hydrogen) atoms. The van der Waals surface area contributed by atoms with Crippen molar-refractivity contribution in [2.24, 2.45) is 0 Å². The van der Waals surface area contributed by atoms with Crippen molar-refractivity contribution in [3.8, 4) is 0 Å². The highest BCUT2D eigenvalue weighted by atomic mass is 35.5. The molecule has 1 unspecified atom stereocenters. The molecule has 0 aliphatic heterocycles. The number of halogens is 1. The maximum atomic E-state index is 11.5. The fourth-order valence-electron chi connectivity index (χ4n) is 0.972. The largest absolute Gasteiger partial charge is 0.446 e. The highest BCUT2D eigenvalue weighted by molar-refractivity contribution is 8.01. The van der Waals surface area contributed by atoms with Crippen LogP contribution in [0.5, 0.6) is 0 Å². The van der Waals surface area contributed by atoms with Gasteiger partial charge >= 0.3 is 0 Å². The number of carbonyl (C=O) groups is 1. The molecule has 72 valence electrons. The third-order valence-corrected chi connectivity index (χ3v) is 2.91. The summed E-state index contributed by atoms with van der Waals surface area (Å²) in [6.45, 7) is 3.41. The zero-order valence-electron chi connectivity index (χ0n) is 7.63. The second-order valence-corrected chi connectivity index (χ2v) is 4.19. The van der Waals surface area contributed by atoms with Gasteiger partial charge in [0.2, 0.25) is 5.78 Å². The minimum absolute atomic E-state index is 0.191. The summed E-state index contributed by atoms with van der Waals surface area (Å²) in [5.41, 5.74) is 0.340. The van der Waals surface area contributed by atoms with Crippen LogP contribution in [0.25, 0.3) is 0 Å². The molecule has 0 N–H and O–H groups in total. The first kappa shape index (κ1) is 10.6. The summed E-state index contributed by atoms with van der Waals surface area (Å²) in [5, 5.41) is 0. The van der Waals surface area contributed by atoms with Crippen LogP contribution in [0.4, 0.5) is 0 Å². The molecule has 5 heteroatoms. The smallest absolute Gasteiger partial charge is 0.212 e. The molecular formula is C8H10ClNO2S. The number of alkyl halides is 1. The summed E-state index contributed by atoms with van der Waals surface area (Å²) < 4.78 is 4.55. The summed E-state index contributed by atoms with van der Waals surface area (Å²) >= 11 is 7.04. The lowest BCUT2D eigenvalue weighted by atomic mass is 10.3. The van der Waals surface area contributed by atoms with Gasteiger partial charge in [-0.2, -0.15) is 0 Å². The van der Waals surface area contributed by atoms with E-state index in [1.807, 2.05) is 0 Å². The molecule has 0 aliphatic rings. The van der Waals surface area contributed by atoms with Gasteiger partial charge in [-0.3, -0.25) is 4.79 Å². The van der Waals surface area contributed by atoms with Crippen LogP contribution in [0.1, 0.15) is 22.1 Å².